The van der Waals surface area contributed by atoms with Crippen LogP contribution >= 0.6 is 0 Å². The Labute approximate surface area is 75.3 Å². The van der Waals surface area contributed by atoms with Crippen molar-refractivity contribution >= 4 is 0 Å². The lowest BCUT2D eigenvalue weighted by atomic mass is 10.3. The monoisotopic (exact) mass is 178 g/mol. The third-order valence-corrected chi connectivity index (χ3v) is 1.66. The van der Waals surface area contributed by atoms with Crippen LogP contribution in [0.2, 0.25) is 0 Å². The summed E-state index contributed by atoms with van der Waals surface area (Å²) in [5.41, 5.74) is 8.90. The molecule has 1 rings (SSSR count). The standard InChI is InChI=1S/C8H10N4O/c1-7-2-4-12(8(13)6-7)5-3-10-11-9/h2,4,6H,3,5H2,1H3. The largest absolute Gasteiger partial charge is 0.315 e. The Balaban J connectivity index is 2.78. The van der Waals surface area contributed by atoms with E-state index in [0.717, 1.165) is 5.56 Å². The molecule has 0 unspecified atom stereocenters. The molecule has 0 aliphatic heterocycles. The number of hydrogen-bond donors (Lipinski definition) is 0. The van der Waals surface area contributed by atoms with E-state index in [4.69, 9.17) is 5.53 Å². The Kier molecular flexibility index (Phi) is 3.11. The smallest absolute Gasteiger partial charge is 0.250 e. The number of aromatic nitrogens is 1. The number of nitrogens with zero attached hydrogens (tertiary/aromatic N) is 4. The molecule has 0 saturated carbocycles. The highest BCUT2D eigenvalue weighted by molar-refractivity contribution is 5.07. The molecular weight excluding hydrogens is 168 g/mol. The van der Waals surface area contributed by atoms with Crippen LogP contribution in [0.4, 0.5) is 0 Å². The van der Waals surface area contributed by atoms with E-state index in [1.807, 2.05) is 13.0 Å². The van der Waals surface area contributed by atoms with Gasteiger partial charge in [-0.3, -0.25) is 4.79 Å². The fourth-order valence-electron chi connectivity index (χ4n) is 0.989. The summed E-state index contributed by atoms with van der Waals surface area (Å²) >= 11 is 0. The van der Waals surface area contributed by atoms with Gasteiger partial charge in [0.15, 0.2) is 0 Å². The van der Waals surface area contributed by atoms with Gasteiger partial charge in [0.05, 0.1) is 0 Å². The first-order valence-corrected chi connectivity index (χ1v) is 3.92. The molecule has 13 heavy (non-hydrogen) atoms. The van der Waals surface area contributed by atoms with Crippen molar-refractivity contribution in [3.8, 4) is 0 Å². The fraction of sp³-hybridized carbons (Fsp3) is 0.375. The third kappa shape index (κ3) is 2.65. The molecule has 1 aromatic rings. The Bertz CT molecular complexity index is 389. The number of aryl methyl sites for hydroxylation is 1. The molecule has 5 nitrogen and oxygen atoms in total. The zero-order valence-electron chi connectivity index (χ0n) is 7.34. The van der Waals surface area contributed by atoms with Crippen LogP contribution in [0.3, 0.4) is 0 Å². The van der Waals surface area contributed by atoms with Gasteiger partial charge in [-0.2, -0.15) is 0 Å². The molecule has 0 fully saturated rings. The van der Waals surface area contributed by atoms with Crippen molar-refractivity contribution in [2.45, 2.75) is 13.5 Å². The van der Waals surface area contributed by atoms with E-state index < -0.39 is 0 Å². The molecule has 0 aliphatic rings. The Morgan fingerprint density at radius 2 is 2.46 bits per heavy atom. The van der Waals surface area contributed by atoms with Crippen LogP contribution in [0.15, 0.2) is 28.2 Å². The maximum absolute atomic E-state index is 11.3. The third-order valence-electron chi connectivity index (χ3n) is 1.66. The van der Waals surface area contributed by atoms with Crippen molar-refractivity contribution in [2.75, 3.05) is 6.54 Å². The van der Waals surface area contributed by atoms with Crippen LogP contribution in [0.1, 0.15) is 5.56 Å². The minimum Gasteiger partial charge on any atom is -0.315 e. The Morgan fingerprint density at radius 1 is 1.69 bits per heavy atom. The molecule has 0 bridgehead atoms. The summed E-state index contributed by atoms with van der Waals surface area (Å²) in [5, 5.41) is 3.35. The van der Waals surface area contributed by atoms with E-state index in [-0.39, 0.29) is 5.56 Å². The first-order chi connectivity index (χ1) is 6.24. The topological polar surface area (TPSA) is 70.8 Å². The Hall–Kier alpha value is -1.74. The average molecular weight is 178 g/mol. The van der Waals surface area contributed by atoms with Crippen molar-refractivity contribution in [3.05, 3.63) is 44.7 Å². The van der Waals surface area contributed by atoms with Gasteiger partial charge in [0.2, 0.25) is 0 Å². The van der Waals surface area contributed by atoms with Crippen LogP contribution in [-0.4, -0.2) is 11.1 Å². The van der Waals surface area contributed by atoms with Gasteiger partial charge in [0, 0.05) is 30.3 Å². The maximum atomic E-state index is 11.3. The first kappa shape index (κ1) is 9.35. The van der Waals surface area contributed by atoms with Crippen molar-refractivity contribution in [1.82, 2.24) is 4.57 Å². The molecule has 1 heterocycles. The summed E-state index contributed by atoms with van der Waals surface area (Å²) in [5.74, 6) is 0. The van der Waals surface area contributed by atoms with Crippen LogP contribution in [0, 0.1) is 6.92 Å². The highest BCUT2D eigenvalue weighted by Crippen LogP contribution is 1.90. The summed E-state index contributed by atoms with van der Waals surface area (Å²) in [6, 6.07) is 3.40. The number of pyridine rings is 1. The minimum atomic E-state index is -0.0619. The van der Waals surface area contributed by atoms with E-state index in [1.165, 1.54) is 4.57 Å². The van der Waals surface area contributed by atoms with Gasteiger partial charge in [0.1, 0.15) is 0 Å². The number of hydrogen-bond acceptors (Lipinski definition) is 2. The summed E-state index contributed by atoms with van der Waals surface area (Å²) in [6.45, 7) is 2.60. The zero-order chi connectivity index (χ0) is 9.68. The molecule has 1 aromatic heterocycles. The highest BCUT2D eigenvalue weighted by atomic mass is 16.1. The molecule has 0 aliphatic carbocycles. The van der Waals surface area contributed by atoms with Gasteiger partial charge >= 0.3 is 0 Å². The van der Waals surface area contributed by atoms with Crippen molar-refractivity contribution in [1.29, 1.82) is 0 Å². The van der Waals surface area contributed by atoms with Gasteiger partial charge in [0.25, 0.3) is 5.56 Å². The van der Waals surface area contributed by atoms with Crippen LogP contribution in [0.5, 0.6) is 0 Å². The predicted molar refractivity (Wildman–Crippen MR) is 49.5 cm³/mol. The summed E-state index contributed by atoms with van der Waals surface area (Å²) in [6.07, 6.45) is 1.70. The molecule has 68 valence electrons. The normalized spacial score (nSPS) is 9.31. The van der Waals surface area contributed by atoms with Crippen molar-refractivity contribution in [3.63, 3.8) is 0 Å². The molecule has 0 aromatic carbocycles. The summed E-state index contributed by atoms with van der Waals surface area (Å²) in [4.78, 5) is 13.9. The van der Waals surface area contributed by atoms with Crippen LogP contribution in [0.25, 0.3) is 10.4 Å². The second-order valence-corrected chi connectivity index (χ2v) is 2.69. The second-order valence-electron chi connectivity index (χ2n) is 2.69. The molecular formula is C8H10N4O. The molecule has 0 spiro atoms. The minimum absolute atomic E-state index is 0.0619. The molecule has 0 atom stereocenters. The lowest BCUT2D eigenvalue weighted by molar-refractivity contribution is 0.677. The second kappa shape index (κ2) is 4.33. The van der Waals surface area contributed by atoms with E-state index >= 15 is 0 Å². The molecule has 0 N–H and O–H groups in total. The van der Waals surface area contributed by atoms with Gasteiger partial charge in [-0.15, -0.1) is 0 Å². The van der Waals surface area contributed by atoms with Gasteiger partial charge in [-0.25, -0.2) is 0 Å². The van der Waals surface area contributed by atoms with Gasteiger partial charge < -0.3 is 4.57 Å². The molecule has 5 heteroatoms. The van der Waals surface area contributed by atoms with E-state index in [9.17, 15) is 4.79 Å². The number of azide groups is 1. The SMILES string of the molecule is Cc1ccn(CCN=[N+]=[N-])c(=O)c1. The molecule has 0 saturated heterocycles. The lowest BCUT2D eigenvalue weighted by Gasteiger charge is -2.01. The first-order valence-electron chi connectivity index (χ1n) is 3.92. The van der Waals surface area contributed by atoms with Crippen LogP contribution < -0.4 is 5.56 Å². The van der Waals surface area contributed by atoms with Crippen molar-refractivity contribution < 1.29 is 0 Å². The van der Waals surface area contributed by atoms with Gasteiger partial charge in [-0.05, 0) is 24.1 Å². The summed E-state index contributed by atoms with van der Waals surface area (Å²) in [7, 11) is 0. The highest BCUT2D eigenvalue weighted by Gasteiger charge is 1.93. The predicted octanol–water partition coefficient (Wildman–Crippen LogP) is 1.47. The number of rotatable bonds is 3. The van der Waals surface area contributed by atoms with E-state index in [2.05, 4.69) is 10.0 Å². The molecule has 0 amide bonds. The van der Waals surface area contributed by atoms with E-state index in [0.29, 0.717) is 13.1 Å². The lowest BCUT2D eigenvalue weighted by Crippen LogP contribution is -2.19. The quantitative estimate of drug-likeness (QED) is 0.392. The average Bonchev–Trinajstić information content (AvgIpc) is 2.09. The maximum Gasteiger partial charge on any atom is 0.250 e. The fourth-order valence-corrected chi connectivity index (χ4v) is 0.989. The van der Waals surface area contributed by atoms with E-state index in [1.54, 1.807) is 12.3 Å². The Morgan fingerprint density at radius 3 is 3.08 bits per heavy atom. The zero-order valence-corrected chi connectivity index (χ0v) is 7.34. The van der Waals surface area contributed by atoms with Crippen molar-refractivity contribution in [2.24, 2.45) is 5.11 Å². The summed E-state index contributed by atoms with van der Waals surface area (Å²) < 4.78 is 1.52. The molecule has 0 radical (unpaired) electrons. The van der Waals surface area contributed by atoms with Gasteiger partial charge in [-0.1, -0.05) is 5.11 Å². The van der Waals surface area contributed by atoms with Crippen LogP contribution in [-0.2, 0) is 6.54 Å².